The van der Waals surface area contributed by atoms with Gasteiger partial charge in [-0.25, -0.2) is 19.9 Å². The first-order valence-electron chi connectivity index (χ1n) is 22.0. The number of aromatic nitrogens is 8. The Hall–Kier alpha value is -4.72. The smallest absolute Gasteiger partial charge is 0.372 e. The fourth-order valence-corrected chi connectivity index (χ4v) is 11.5. The summed E-state index contributed by atoms with van der Waals surface area (Å²) in [4.78, 5) is 44.5. The second-order valence-electron chi connectivity index (χ2n) is 16.6. The van der Waals surface area contributed by atoms with Crippen molar-refractivity contribution in [1.29, 1.82) is 0 Å². The molecule has 4 aromatic heterocycles. The molecule has 0 saturated carbocycles. The zero-order valence-corrected chi connectivity index (χ0v) is 45.2. The number of fused-ring (bicyclic) bond motifs is 12. The lowest BCUT2D eigenvalue weighted by Crippen LogP contribution is -2.16. The molecule has 16 nitrogen and oxygen atoms in total. The maximum Gasteiger partial charge on any atom is 0.419 e. The van der Waals surface area contributed by atoms with Gasteiger partial charge in [-0.05, 0) is 24.3 Å². The van der Waals surface area contributed by atoms with Gasteiger partial charge >= 0.3 is 24.7 Å². The third-order valence-corrected chi connectivity index (χ3v) is 14.6. The molecule has 80 heavy (non-hydrogen) atoms. The van der Waals surface area contributed by atoms with Crippen molar-refractivity contribution in [3.05, 3.63) is 130 Å². The summed E-state index contributed by atoms with van der Waals surface area (Å²) in [6.45, 7) is 5.01. The van der Waals surface area contributed by atoms with Crippen molar-refractivity contribution in [2.24, 2.45) is 0 Å². The van der Waals surface area contributed by atoms with Crippen LogP contribution >= 0.6 is 92.8 Å². The molecule has 4 aliphatic rings. The molecule has 0 unspecified atom stereocenters. The standard InChI is InChI=1S/4C11H7Cl2F3N2O.2O2/c4*12-5-3-6-10(9(13)8(5)11(14,15)16)17-7-4-19-2-1-18(6)7;2*1-2/h4*3H,1-2,4H2;;. The second kappa shape index (κ2) is 24.6. The highest BCUT2D eigenvalue weighted by atomic mass is 35.5. The summed E-state index contributed by atoms with van der Waals surface area (Å²) in [5.41, 5.74) is -1.72. The lowest BCUT2D eigenvalue weighted by molar-refractivity contribution is -0.138. The number of nitrogens with zero attached hydrogens (tertiary/aromatic N) is 8. The molecule has 0 saturated heterocycles. The Morgan fingerprint density at radius 3 is 0.675 bits per heavy atom. The van der Waals surface area contributed by atoms with Gasteiger partial charge in [0.2, 0.25) is 0 Å². The molecule has 0 N–H and O–H groups in total. The van der Waals surface area contributed by atoms with Crippen LogP contribution in [-0.2, 0) is 96.3 Å². The van der Waals surface area contributed by atoms with Gasteiger partial charge in [0, 0.05) is 46.0 Å². The minimum absolute atomic E-state index is 0.110. The summed E-state index contributed by atoms with van der Waals surface area (Å²) >= 11 is 46.2. The number of hydrogen-bond donors (Lipinski definition) is 0. The first-order valence-corrected chi connectivity index (χ1v) is 25.0. The van der Waals surface area contributed by atoms with Crippen LogP contribution in [0, 0.1) is 19.9 Å². The normalized spacial score (nSPS) is 15.2. The molecule has 0 atom stereocenters. The first-order chi connectivity index (χ1) is 37.6. The highest BCUT2D eigenvalue weighted by Crippen LogP contribution is 2.47. The zero-order valence-electron chi connectivity index (χ0n) is 39.2. The minimum Gasteiger partial charge on any atom is -0.372 e. The summed E-state index contributed by atoms with van der Waals surface area (Å²) in [5.74, 6) is 2.22. The molecule has 0 bridgehead atoms. The molecule has 432 valence electrons. The number of hydrogen-bond acceptors (Lipinski definition) is 12. The van der Waals surface area contributed by atoms with E-state index in [0.717, 1.165) is 0 Å². The van der Waals surface area contributed by atoms with Gasteiger partial charge in [-0.15, -0.1) is 0 Å². The molecule has 0 spiro atoms. The number of benzene rings is 4. The van der Waals surface area contributed by atoms with Crippen molar-refractivity contribution in [2.75, 3.05) is 26.4 Å². The Morgan fingerprint density at radius 1 is 0.338 bits per heavy atom. The third kappa shape index (κ3) is 12.5. The maximum atomic E-state index is 12.9. The monoisotopic (exact) mass is 1300 g/mol. The van der Waals surface area contributed by atoms with Gasteiger partial charge < -0.3 is 37.2 Å². The lowest BCUT2D eigenvalue weighted by Gasteiger charge is -2.15. The highest BCUT2D eigenvalue weighted by Gasteiger charge is 2.41. The predicted octanol–water partition coefficient (Wildman–Crippen LogP) is 15.7. The largest absolute Gasteiger partial charge is 0.419 e. The number of ether oxygens (including phenoxy) is 4. The Labute approximate surface area is 477 Å². The van der Waals surface area contributed by atoms with Gasteiger partial charge in [0.15, 0.2) is 0 Å². The van der Waals surface area contributed by atoms with E-state index in [1.165, 1.54) is 24.3 Å². The molecule has 4 aliphatic heterocycles. The van der Waals surface area contributed by atoms with Crippen LogP contribution in [-0.4, -0.2) is 64.6 Å². The Morgan fingerprint density at radius 2 is 0.512 bits per heavy atom. The topological polar surface area (TPSA) is 176 Å². The molecule has 0 amide bonds. The van der Waals surface area contributed by atoms with Crippen LogP contribution in [0.5, 0.6) is 0 Å². The predicted molar refractivity (Wildman–Crippen MR) is 271 cm³/mol. The fraction of sp³-hybridized carbons (Fsp3) is 0.364. The minimum atomic E-state index is -4.61. The van der Waals surface area contributed by atoms with Crippen molar-refractivity contribution in [3.8, 4) is 0 Å². The van der Waals surface area contributed by atoms with Crippen LogP contribution in [0.3, 0.4) is 0 Å². The summed E-state index contributed by atoms with van der Waals surface area (Å²) in [6, 6.07) is 5.03. The van der Waals surface area contributed by atoms with E-state index < -0.39 is 87.1 Å². The second-order valence-corrected chi connectivity index (χ2v) is 19.7. The molecule has 8 aromatic rings. The van der Waals surface area contributed by atoms with E-state index in [0.29, 0.717) is 98.0 Å². The average Bonchev–Trinajstić information content (AvgIpc) is 4.26. The van der Waals surface area contributed by atoms with E-state index in [2.05, 4.69) is 19.9 Å². The van der Waals surface area contributed by atoms with Crippen LogP contribution in [0.15, 0.2) is 24.3 Å². The van der Waals surface area contributed by atoms with Crippen LogP contribution in [0.1, 0.15) is 45.6 Å². The number of rotatable bonds is 0. The molecular weight excluding hydrogens is 1280 g/mol. The van der Waals surface area contributed by atoms with Gasteiger partial charge in [-0.2, -0.15) is 52.7 Å². The number of alkyl halides is 12. The van der Waals surface area contributed by atoms with Gasteiger partial charge in [-0.3, -0.25) is 0 Å². The van der Waals surface area contributed by atoms with E-state index >= 15 is 0 Å². The van der Waals surface area contributed by atoms with Gasteiger partial charge in [0.25, 0.3) is 0 Å². The summed E-state index contributed by atoms with van der Waals surface area (Å²) in [6.07, 6.45) is -18.4. The molecule has 8 heterocycles. The van der Waals surface area contributed by atoms with Gasteiger partial charge in [-0.1, -0.05) is 92.8 Å². The summed E-state index contributed by atoms with van der Waals surface area (Å²) < 4.78 is 183. The molecule has 36 heteroatoms. The van der Waals surface area contributed by atoms with Crippen LogP contribution in [0.25, 0.3) is 44.1 Å². The third-order valence-electron chi connectivity index (χ3n) is 12.0. The number of imidazole rings is 4. The van der Waals surface area contributed by atoms with Gasteiger partial charge in [0.05, 0.1) is 111 Å². The fourth-order valence-electron chi connectivity index (χ4n) is 8.70. The maximum absolute atomic E-state index is 12.9. The summed E-state index contributed by atoms with van der Waals surface area (Å²) in [5, 5.41) is -3.51. The lowest BCUT2D eigenvalue weighted by atomic mass is 10.2. The first kappa shape index (κ1) is 62.9. The SMILES string of the molecule is FC(F)(F)c1c(Cl)cc2c(nc3n2CCOC3)c1Cl.FC(F)(F)c1c(Cl)cc2c(nc3n2CCOC3)c1Cl.FC(F)(F)c1c(Cl)cc2c(nc3n2CCOC3)c1Cl.FC(F)(F)c1c(Cl)cc2c(nc3n2CCOC3)c1Cl.O=O.O=O. The van der Waals surface area contributed by atoms with Crippen molar-refractivity contribution in [1.82, 2.24) is 38.2 Å². The van der Waals surface area contributed by atoms with Crippen molar-refractivity contribution in [3.63, 3.8) is 0 Å². The van der Waals surface area contributed by atoms with Crippen molar-refractivity contribution >= 4 is 137 Å². The van der Waals surface area contributed by atoms with Gasteiger partial charge in [0.1, 0.15) is 71.8 Å². The average molecular weight is 1310 g/mol. The van der Waals surface area contributed by atoms with E-state index in [4.69, 9.17) is 132 Å². The molecule has 0 radical (unpaired) electrons. The van der Waals surface area contributed by atoms with E-state index in [9.17, 15) is 52.7 Å². The highest BCUT2D eigenvalue weighted by molar-refractivity contribution is 6.41. The van der Waals surface area contributed by atoms with Crippen LogP contribution in [0.2, 0.25) is 40.2 Å². The summed E-state index contributed by atoms with van der Waals surface area (Å²) in [7, 11) is 0. The molecular formula is C44H28Cl8F12N8O8. The van der Waals surface area contributed by atoms with E-state index in [-0.39, 0.29) is 48.5 Å². The van der Waals surface area contributed by atoms with E-state index in [1.54, 1.807) is 18.3 Å². The molecule has 0 fully saturated rings. The van der Waals surface area contributed by atoms with Crippen LogP contribution in [0.4, 0.5) is 52.7 Å². The molecule has 4 aromatic carbocycles. The van der Waals surface area contributed by atoms with E-state index in [1.807, 2.05) is 0 Å². The Kier molecular flexibility index (Phi) is 19.4. The zero-order chi connectivity index (χ0) is 59.1. The number of halogens is 20. The Balaban J connectivity index is 0.000000151. The molecule has 12 rings (SSSR count). The van der Waals surface area contributed by atoms with Crippen molar-refractivity contribution < 1.29 is 71.6 Å². The van der Waals surface area contributed by atoms with Crippen molar-refractivity contribution in [2.45, 2.75) is 77.3 Å². The van der Waals surface area contributed by atoms with Crippen LogP contribution < -0.4 is 0 Å². The molecule has 0 aliphatic carbocycles. The quantitative estimate of drug-likeness (QED) is 0.132. The Bertz CT molecular complexity index is 3180.